The minimum atomic E-state index is -0.996. The number of rotatable bonds is 5. The van der Waals surface area contributed by atoms with Crippen molar-refractivity contribution in [2.45, 2.75) is 90.3 Å². The van der Waals surface area contributed by atoms with Crippen LogP contribution in [-0.4, -0.2) is 58.2 Å². The molecule has 0 radical (unpaired) electrons. The van der Waals surface area contributed by atoms with Gasteiger partial charge in [0.15, 0.2) is 6.10 Å². The molecule has 2 aliphatic heterocycles. The number of hydrogen-bond acceptors (Lipinski definition) is 5. The molecular formula is C21H32N2O5. The van der Waals surface area contributed by atoms with Gasteiger partial charge in [0.1, 0.15) is 6.04 Å². The van der Waals surface area contributed by atoms with Crippen LogP contribution in [0.4, 0.5) is 0 Å². The number of likely N-dealkylation sites (tertiary alicyclic amines) is 2. The second-order valence-corrected chi connectivity index (χ2v) is 8.39. The van der Waals surface area contributed by atoms with Gasteiger partial charge in [-0.3, -0.25) is 19.3 Å². The molecule has 3 aliphatic rings. The number of esters is 1. The molecule has 3 rings (SSSR count). The molecule has 2 heterocycles. The van der Waals surface area contributed by atoms with E-state index in [4.69, 9.17) is 4.74 Å². The molecule has 5 unspecified atom stereocenters. The summed E-state index contributed by atoms with van der Waals surface area (Å²) >= 11 is 0. The average Bonchev–Trinajstić information content (AvgIpc) is 2.97. The van der Waals surface area contributed by atoms with E-state index in [1.807, 2.05) is 4.90 Å². The Balaban J connectivity index is 1.62. The van der Waals surface area contributed by atoms with Crippen molar-refractivity contribution < 1.29 is 23.9 Å². The van der Waals surface area contributed by atoms with E-state index in [0.29, 0.717) is 19.4 Å². The number of piperidine rings is 1. The molecule has 0 spiro atoms. The highest BCUT2D eigenvalue weighted by atomic mass is 16.5. The van der Waals surface area contributed by atoms with Gasteiger partial charge in [0.05, 0.1) is 11.8 Å². The zero-order chi connectivity index (χ0) is 20.4. The van der Waals surface area contributed by atoms with E-state index >= 15 is 0 Å². The highest BCUT2D eigenvalue weighted by molar-refractivity contribution is 6.07. The van der Waals surface area contributed by atoms with Crippen LogP contribution in [0.25, 0.3) is 0 Å². The number of ether oxygens (including phenoxy) is 1. The SMILES string of the molecule is CCC1CCCCN1C(=O)C(C)OC(=O)C(C)N1C(=O)C2CCCCC2C1=O. The molecule has 28 heavy (non-hydrogen) atoms. The van der Waals surface area contributed by atoms with E-state index < -0.39 is 18.1 Å². The van der Waals surface area contributed by atoms with Crippen molar-refractivity contribution in [2.75, 3.05) is 6.54 Å². The molecule has 0 N–H and O–H groups in total. The fourth-order valence-electron chi connectivity index (χ4n) is 4.95. The van der Waals surface area contributed by atoms with Gasteiger partial charge in [-0.25, -0.2) is 4.79 Å². The monoisotopic (exact) mass is 392 g/mol. The number of carbonyl (C=O) groups is 4. The topological polar surface area (TPSA) is 84.0 Å². The van der Waals surface area contributed by atoms with Crippen LogP contribution in [0.2, 0.25) is 0 Å². The maximum absolute atomic E-state index is 12.8. The van der Waals surface area contributed by atoms with Gasteiger partial charge in [-0.15, -0.1) is 0 Å². The minimum Gasteiger partial charge on any atom is -0.451 e. The van der Waals surface area contributed by atoms with Crippen LogP contribution in [0.15, 0.2) is 0 Å². The highest BCUT2D eigenvalue weighted by Gasteiger charge is 2.51. The van der Waals surface area contributed by atoms with Crippen LogP contribution in [0.3, 0.4) is 0 Å². The molecule has 0 aromatic rings. The molecule has 1 saturated carbocycles. The Labute approximate surface area is 166 Å². The molecule has 7 nitrogen and oxygen atoms in total. The average molecular weight is 392 g/mol. The van der Waals surface area contributed by atoms with Gasteiger partial charge in [-0.05, 0) is 52.4 Å². The van der Waals surface area contributed by atoms with Crippen molar-refractivity contribution in [3.05, 3.63) is 0 Å². The Bertz CT molecular complexity index is 625. The molecule has 3 amide bonds. The van der Waals surface area contributed by atoms with Gasteiger partial charge in [0.25, 0.3) is 5.91 Å². The molecule has 1 aliphatic carbocycles. The number of imide groups is 1. The molecule has 5 atom stereocenters. The van der Waals surface area contributed by atoms with Crippen molar-refractivity contribution >= 4 is 23.7 Å². The molecule has 0 bridgehead atoms. The molecule has 0 aromatic heterocycles. The first-order valence-electron chi connectivity index (χ1n) is 10.7. The third-order valence-corrected chi connectivity index (χ3v) is 6.63. The molecule has 0 aromatic carbocycles. The van der Waals surface area contributed by atoms with E-state index in [1.54, 1.807) is 6.92 Å². The number of nitrogens with zero attached hydrogens (tertiary/aromatic N) is 2. The lowest BCUT2D eigenvalue weighted by Crippen LogP contribution is -2.50. The fraction of sp³-hybridized carbons (Fsp3) is 0.810. The van der Waals surface area contributed by atoms with Crippen LogP contribution in [0, 0.1) is 11.8 Å². The van der Waals surface area contributed by atoms with E-state index in [0.717, 1.165) is 43.4 Å². The first-order valence-corrected chi connectivity index (χ1v) is 10.7. The van der Waals surface area contributed by atoms with E-state index in [2.05, 4.69) is 6.92 Å². The summed E-state index contributed by atoms with van der Waals surface area (Å²) < 4.78 is 5.41. The van der Waals surface area contributed by atoms with Crippen molar-refractivity contribution in [3.63, 3.8) is 0 Å². The summed E-state index contributed by atoms with van der Waals surface area (Å²) in [5.74, 6) is -2.00. The van der Waals surface area contributed by atoms with Crippen LogP contribution in [0.5, 0.6) is 0 Å². The minimum absolute atomic E-state index is 0.185. The summed E-state index contributed by atoms with van der Waals surface area (Å²) in [6, 6.07) is -0.811. The van der Waals surface area contributed by atoms with Gasteiger partial charge in [-0.2, -0.15) is 0 Å². The predicted molar refractivity (Wildman–Crippen MR) is 102 cm³/mol. The van der Waals surface area contributed by atoms with E-state index in [9.17, 15) is 19.2 Å². The first kappa shape index (κ1) is 20.8. The lowest BCUT2D eigenvalue weighted by atomic mass is 9.81. The second-order valence-electron chi connectivity index (χ2n) is 8.39. The lowest BCUT2D eigenvalue weighted by Gasteiger charge is -2.36. The zero-order valence-corrected chi connectivity index (χ0v) is 17.2. The smallest absolute Gasteiger partial charge is 0.329 e. The summed E-state index contributed by atoms with van der Waals surface area (Å²) in [6.45, 7) is 5.82. The van der Waals surface area contributed by atoms with Crippen LogP contribution < -0.4 is 0 Å². The molecule has 156 valence electrons. The summed E-state index contributed by atoms with van der Waals surface area (Å²) in [4.78, 5) is 53.6. The van der Waals surface area contributed by atoms with E-state index in [-0.39, 0.29) is 35.6 Å². The number of hydrogen-bond donors (Lipinski definition) is 0. The molecular weight excluding hydrogens is 360 g/mol. The Morgan fingerprint density at radius 2 is 1.57 bits per heavy atom. The van der Waals surface area contributed by atoms with Gasteiger partial charge in [0, 0.05) is 12.6 Å². The standard InChI is InChI=1S/C21H32N2O5/c1-4-15-9-7-8-12-22(15)18(24)14(3)28-21(27)13(2)23-19(25)16-10-5-6-11-17(16)20(23)26/h13-17H,4-12H2,1-3H3. The summed E-state index contributed by atoms with van der Waals surface area (Å²) in [6.07, 6.45) is 6.28. The summed E-state index contributed by atoms with van der Waals surface area (Å²) in [7, 11) is 0. The Hall–Kier alpha value is -1.92. The van der Waals surface area contributed by atoms with Crippen molar-refractivity contribution in [1.82, 2.24) is 9.80 Å². The molecule has 7 heteroatoms. The Morgan fingerprint density at radius 1 is 1.00 bits per heavy atom. The van der Waals surface area contributed by atoms with Crippen LogP contribution in [0.1, 0.15) is 72.1 Å². The van der Waals surface area contributed by atoms with Gasteiger partial charge < -0.3 is 9.64 Å². The van der Waals surface area contributed by atoms with Gasteiger partial charge in [-0.1, -0.05) is 19.8 Å². The third-order valence-electron chi connectivity index (χ3n) is 6.63. The summed E-state index contributed by atoms with van der Waals surface area (Å²) in [5.41, 5.74) is 0. The van der Waals surface area contributed by atoms with E-state index in [1.165, 1.54) is 6.92 Å². The zero-order valence-electron chi connectivity index (χ0n) is 17.2. The Kier molecular flexibility index (Phi) is 6.40. The van der Waals surface area contributed by atoms with Crippen LogP contribution >= 0.6 is 0 Å². The highest BCUT2D eigenvalue weighted by Crippen LogP contribution is 2.39. The number of fused-ring (bicyclic) bond motifs is 1. The second kappa shape index (κ2) is 8.62. The van der Waals surface area contributed by atoms with Gasteiger partial charge in [0.2, 0.25) is 11.8 Å². The van der Waals surface area contributed by atoms with Crippen molar-refractivity contribution in [1.29, 1.82) is 0 Å². The molecule has 2 saturated heterocycles. The lowest BCUT2D eigenvalue weighted by molar-refractivity contribution is -0.167. The number of carbonyl (C=O) groups excluding carboxylic acids is 4. The number of amides is 3. The summed E-state index contributed by atoms with van der Waals surface area (Å²) in [5, 5.41) is 0. The maximum atomic E-state index is 12.8. The van der Waals surface area contributed by atoms with Gasteiger partial charge >= 0.3 is 5.97 Å². The third kappa shape index (κ3) is 3.80. The molecule has 3 fully saturated rings. The van der Waals surface area contributed by atoms with Crippen LogP contribution in [-0.2, 0) is 23.9 Å². The van der Waals surface area contributed by atoms with Crippen molar-refractivity contribution in [3.8, 4) is 0 Å². The fourth-order valence-corrected chi connectivity index (χ4v) is 4.95. The maximum Gasteiger partial charge on any atom is 0.329 e. The normalized spacial score (nSPS) is 30.0. The van der Waals surface area contributed by atoms with Crippen molar-refractivity contribution in [2.24, 2.45) is 11.8 Å². The largest absolute Gasteiger partial charge is 0.451 e. The Morgan fingerprint density at radius 3 is 2.14 bits per heavy atom. The first-order chi connectivity index (χ1) is 13.4. The predicted octanol–water partition coefficient (Wildman–Crippen LogP) is 2.27. The quantitative estimate of drug-likeness (QED) is 0.529.